The number of nitrogens with one attached hydrogen (secondary N) is 2. The van der Waals surface area contributed by atoms with Gasteiger partial charge >= 0.3 is 0 Å². The molecule has 2 fully saturated rings. The summed E-state index contributed by atoms with van der Waals surface area (Å²) < 4.78 is 26.8. The van der Waals surface area contributed by atoms with Crippen LogP contribution in [0.1, 0.15) is 37.9 Å². The van der Waals surface area contributed by atoms with Crippen LogP contribution in [0.4, 0.5) is 11.6 Å². The van der Waals surface area contributed by atoms with Crippen LogP contribution in [0, 0.1) is 6.92 Å². The number of hydrogen-bond donors (Lipinski definition) is 2. The molecule has 10 nitrogen and oxygen atoms in total. The fraction of sp³-hybridized carbons (Fsp3) is 0.667. The van der Waals surface area contributed by atoms with Gasteiger partial charge in [0.1, 0.15) is 17.5 Å². The summed E-state index contributed by atoms with van der Waals surface area (Å²) in [5, 5.41) is 3.12. The molecule has 0 bridgehead atoms. The van der Waals surface area contributed by atoms with Crippen LogP contribution in [-0.4, -0.2) is 73.6 Å². The van der Waals surface area contributed by atoms with E-state index in [1.165, 1.54) is 0 Å². The lowest BCUT2D eigenvalue weighted by Crippen LogP contribution is -2.44. The van der Waals surface area contributed by atoms with Gasteiger partial charge in [-0.1, -0.05) is 0 Å². The van der Waals surface area contributed by atoms with Crippen LogP contribution in [-0.2, 0) is 19.6 Å². The maximum absolute atomic E-state index is 12.2. The fourth-order valence-electron chi connectivity index (χ4n) is 3.48. The Labute approximate surface area is 171 Å². The zero-order chi connectivity index (χ0) is 20.9. The van der Waals surface area contributed by atoms with Crippen LogP contribution in [0.3, 0.4) is 0 Å². The van der Waals surface area contributed by atoms with E-state index in [0.717, 1.165) is 36.6 Å². The van der Waals surface area contributed by atoms with Crippen molar-refractivity contribution in [2.45, 2.75) is 39.0 Å². The van der Waals surface area contributed by atoms with Crippen molar-refractivity contribution in [2.24, 2.45) is 0 Å². The van der Waals surface area contributed by atoms with Crippen molar-refractivity contribution < 1.29 is 18.0 Å². The van der Waals surface area contributed by atoms with Gasteiger partial charge in [-0.2, -0.15) is 0 Å². The number of hydrogen-bond acceptors (Lipinski definition) is 8. The first-order chi connectivity index (χ1) is 13.8. The Hall–Kier alpha value is -2.27. The molecule has 0 saturated carbocycles. The molecule has 2 saturated heterocycles. The highest BCUT2D eigenvalue weighted by molar-refractivity contribution is 7.89. The number of piperidine rings is 1. The molecule has 1 aromatic heterocycles. The quantitative estimate of drug-likeness (QED) is 0.427. The predicted molar refractivity (Wildman–Crippen MR) is 109 cm³/mol. The number of likely N-dealkylation sites (tertiary alicyclic amines) is 1. The second-order valence-corrected chi connectivity index (χ2v) is 9.21. The molecule has 2 aliphatic heterocycles. The number of imide groups is 1. The zero-order valence-electron chi connectivity index (χ0n) is 16.7. The maximum Gasteiger partial charge on any atom is 0.229 e. The molecule has 0 spiro atoms. The van der Waals surface area contributed by atoms with Gasteiger partial charge in [-0.3, -0.25) is 14.5 Å². The predicted octanol–water partition coefficient (Wildman–Crippen LogP) is 0.256. The standard InChI is InChI=1S/C18H28N6O4S/c1-14-21-15(13-16(22-14)23-9-2-3-10-23)19-7-8-20-29(27,28)12-11-24-17(25)5-4-6-18(24)26/h13,20H,2-12H2,1H3,(H,19,21,22). The first-order valence-corrected chi connectivity index (χ1v) is 11.6. The average molecular weight is 425 g/mol. The molecule has 3 heterocycles. The van der Waals surface area contributed by atoms with Crippen LogP contribution >= 0.6 is 0 Å². The number of sulfonamides is 1. The lowest BCUT2D eigenvalue weighted by atomic mass is 10.1. The van der Waals surface area contributed by atoms with Crippen molar-refractivity contribution in [3.8, 4) is 0 Å². The Morgan fingerprint density at radius 2 is 1.72 bits per heavy atom. The third-order valence-corrected chi connectivity index (χ3v) is 6.34. The summed E-state index contributed by atoms with van der Waals surface area (Å²) in [7, 11) is -3.59. The minimum Gasteiger partial charge on any atom is -0.369 e. The molecule has 0 aromatic carbocycles. The number of rotatable bonds is 9. The molecule has 29 heavy (non-hydrogen) atoms. The first kappa shape index (κ1) is 21.4. The van der Waals surface area contributed by atoms with E-state index in [-0.39, 0.29) is 30.7 Å². The minimum absolute atomic E-state index is 0.106. The fourth-order valence-corrected chi connectivity index (χ4v) is 4.46. The van der Waals surface area contributed by atoms with Crippen LogP contribution in [0.2, 0.25) is 0 Å². The van der Waals surface area contributed by atoms with Crippen LogP contribution in [0.5, 0.6) is 0 Å². The van der Waals surface area contributed by atoms with Gasteiger partial charge in [-0.15, -0.1) is 0 Å². The second-order valence-electron chi connectivity index (χ2n) is 7.29. The second kappa shape index (κ2) is 9.49. The number of nitrogens with zero attached hydrogens (tertiary/aromatic N) is 4. The van der Waals surface area contributed by atoms with Gasteiger partial charge in [0, 0.05) is 51.6 Å². The van der Waals surface area contributed by atoms with E-state index in [2.05, 4.69) is 24.9 Å². The summed E-state index contributed by atoms with van der Waals surface area (Å²) in [6.07, 6.45) is 3.43. The normalized spacial score (nSPS) is 17.8. The highest BCUT2D eigenvalue weighted by atomic mass is 32.2. The number of carbonyl (C=O) groups excluding carboxylic acids is 2. The van der Waals surface area contributed by atoms with Gasteiger partial charge in [0.15, 0.2) is 0 Å². The molecule has 3 rings (SSSR count). The van der Waals surface area contributed by atoms with E-state index < -0.39 is 10.0 Å². The van der Waals surface area contributed by atoms with Gasteiger partial charge in [0.05, 0.1) is 5.75 Å². The van der Waals surface area contributed by atoms with E-state index >= 15 is 0 Å². The SMILES string of the molecule is Cc1nc(NCCNS(=O)(=O)CCN2C(=O)CCCC2=O)cc(N2CCCC2)n1. The zero-order valence-corrected chi connectivity index (χ0v) is 17.5. The molecule has 2 aliphatic rings. The smallest absolute Gasteiger partial charge is 0.229 e. The molecular formula is C18H28N6O4S. The third kappa shape index (κ3) is 6.10. The molecule has 2 N–H and O–H groups in total. The van der Waals surface area contributed by atoms with E-state index in [0.29, 0.717) is 37.4 Å². The molecule has 0 aliphatic carbocycles. The van der Waals surface area contributed by atoms with E-state index in [1.54, 1.807) is 0 Å². The molecule has 11 heteroatoms. The Morgan fingerprint density at radius 3 is 2.41 bits per heavy atom. The van der Waals surface area contributed by atoms with Gasteiger partial charge < -0.3 is 10.2 Å². The Morgan fingerprint density at radius 1 is 1.03 bits per heavy atom. The van der Waals surface area contributed by atoms with Gasteiger partial charge in [0.2, 0.25) is 21.8 Å². The van der Waals surface area contributed by atoms with E-state index in [4.69, 9.17) is 0 Å². The molecule has 0 unspecified atom stereocenters. The van der Waals surface area contributed by atoms with Crippen LogP contribution < -0.4 is 14.9 Å². The van der Waals surface area contributed by atoms with Crippen molar-refractivity contribution in [3.05, 3.63) is 11.9 Å². The minimum atomic E-state index is -3.59. The Bertz CT molecular complexity index is 838. The summed E-state index contributed by atoms with van der Waals surface area (Å²) in [4.78, 5) is 35.6. The highest BCUT2D eigenvalue weighted by Gasteiger charge is 2.27. The van der Waals surface area contributed by atoms with Crippen molar-refractivity contribution in [3.63, 3.8) is 0 Å². The van der Waals surface area contributed by atoms with Crippen LogP contribution in [0.25, 0.3) is 0 Å². The van der Waals surface area contributed by atoms with Crippen molar-refractivity contribution >= 4 is 33.5 Å². The number of aryl methyl sites for hydroxylation is 1. The third-order valence-electron chi connectivity index (χ3n) is 4.97. The summed E-state index contributed by atoms with van der Waals surface area (Å²) in [6.45, 7) is 4.22. The van der Waals surface area contributed by atoms with Crippen molar-refractivity contribution in [2.75, 3.05) is 48.7 Å². The molecule has 1 aromatic rings. The first-order valence-electron chi connectivity index (χ1n) is 9.99. The van der Waals surface area contributed by atoms with Crippen molar-refractivity contribution in [1.29, 1.82) is 0 Å². The van der Waals surface area contributed by atoms with E-state index in [9.17, 15) is 18.0 Å². The molecule has 2 amide bonds. The largest absolute Gasteiger partial charge is 0.369 e. The molecular weight excluding hydrogens is 396 g/mol. The number of aromatic nitrogens is 2. The number of amides is 2. The maximum atomic E-state index is 12.2. The van der Waals surface area contributed by atoms with Gasteiger partial charge in [0.25, 0.3) is 0 Å². The Balaban J connectivity index is 1.44. The lowest BCUT2D eigenvalue weighted by Gasteiger charge is -2.24. The van der Waals surface area contributed by atoms with Crippen molar-refractivity contribution in [1.82, 2.24) is 19.6 Å². The van der Waals surface area contributed by atoms with Crippen LogP contribution in [0.15, 0.2) is 6.07 Å². The summed E-state index contributed by atoms with van der Waals surface area (Å²) in [5.74, 6) is 1.30. The molecule has 0 atom stereocenters. The topological polar surface area (TPSA) is 125 Å². The van der Waals surface area contributed by atoms with Gasteiger partial charge in [-0.25, -0.2) is 23.1 Å². The molecule has 0 radical (unpaired) electrons. The number of anilines is 2. The monoisotopic (exact) mass is 424 g/mol. The summed E-state index contributed by atoms with van der Waals surface area (Å²) >= 11 is 0. The highest BCUT2D eigenvalue weighted by Crippen LogP contribution is 2.20. The number of carbonyl (C=O) groups is 2. The van der Waals surface area contributed by atoms with E-state index in [1.807, 2.05) is 13.0 Å². The summed E-state index contributed by atoms with van der Waals surface area (Å²) in [5.41, 5.74) is 0. The average Bonchev–Trinajstić information content (AvgIpc) is 3.19. The lowest BCUT2D eigenvalue weighted by molar-refractivity contribution is -0.147. The van der Waals surface area contributed by atoms with Gasteiger partial charge in [-0.05, 0) is 26.2 Å². The Kier molecular flexibility index (Phi) is 7.01. The molecule has 160 valence electrons. The summed E-state index contributed by atoms with van der Waals surface area (Å²) in [6, 6.07) is 1.88.